The van der Waals surface area contributed by atoms with Crippen LogP contribution in [-0.4, -0.2) is 33.7 Å². The highest BCUT2D eigenvalue weighted by Gasteiger charge is 2.40. The number of nitrogens with zero attached hydrogens (tertiary/aromatic N) is 1. The molecule has 0 aromatic heterocycles. The maximum Gasteiger partial charge on any atom is 0.255 e. The molecule has 30 heavy (non-hydrogen) atoms. The summed E-state index contributed by atoms with van der Waals surface area (Å²) in [4.78, 5) is 15.4. The van der Waals surface area contributed by atoms with Crippen molar-refractivity contribution >= 4 is 28.9 Å². The van der Waals surface area contributed by atoms with Crippen molar-refractivity contribution < 1.29 is 14.6 Å². The first-order valence-electron chi connectivity index (χ1n) is 10.1. The van der Waals surface area contributed by atoms with Gasteiger partial charge in [-0.25, -0.2) is 0 Å². The lowest BCUT2D eigenvalue weighted by Gasteiger charge is -2.38. The molecule has 1 amide bonds. The van der Waals surface area contributed by atoms with Crippen LogP contribution in [0.2, 0.25) is 0 Å². The second kappa shape index (κ2) is 8.36. The fourth-order valence-electron chi connectivity index (χ4n) is 3.78. The van der Waals surface area contributed by atoms with Crippen LogP contribution in [0, 0.1) is 0 Å². The van der Waals surface area contributed by atoms with Gasteiger partial charge in [0.1, 0.15) is 0 Å². The van der Waals surface area contributed by atoms with Gasteiger partial charge in [-0.3, -0.25) is 4.79 Å². The summed E-state index contributed by atoms with van der Waals surface area (Å²) in [6, 6.07) is 14.4. The number of benzene rings is 2. The van der Waals surface area contributed by atoms with Gasteiger partial charge in [0.2, 0.25) is 0 Å². The summed E-state index contributed by atoms with van der Waals surface area (Å²) >= 11 is 5.64. The van der Waals surface area contributed by atoms with Crippen molar-refractivity contribution in [3.8, 4) is 11.5 Å². The molecule has 156 valence electrons. The van der Waals surface area contributed by atoms with Gasteiger partial charge in [-0.1, -0.05) is 24.3 Å². The zero-order chi connectivity index (χ0) is 21.3. The molecular weight excluding hydrogens is 398 g/mol. The Kier molecular flexibility index (Phi) is 5.63. The predicted octanol–water partition coefficient (Wildman–Crippen LogP) is 4.10. The molecular formula is C23H25N3O3S. The molecule has 2 aliphatic rings. The number of carbonyl (C=O) groups excluding carboxylic acids is 1. The Morgan fingerprint density at radius 1 is 1.27 bits per heavy atom. The first kappa shape index (κ1) is 20.2. The molecule has 0 saturated heterocycles. The van der Waals surface area contributed by atoms with E-state index >= 15 is 0 Å². The predicted molar refractivity (Wildman–Crippen MR) is 120 cm³/mol. The molecule has 1 heterocycles. The van der Waals surface area contributed by atoms with Crippen LogP contribution in [0.1, 0.15) is 38.3 Å². The third kappa shape index (κ3) is 3.98. The summed E-state index contributed by atoms with van der Waals surface area (Å²) in [7, 11) is 0. The van der Waals surface area contributed by atoms with Crippen LogP contribution in [0.15, 0.2) is 59.8 Å². The smallest absolute Gasteiger partial charge is 0.255 e. The van der Waals surface area contributed by atoms with Crippen LogP contribution in [0.25, 0.3) is 0 Å². The zero-order valence-corrected chi connectivity index (χ0v) is 17.8. The van der Waals surface area contributed by atoms with Gasteiger partial charge in [0.25, 0.3) is 5.91 Å². The first-order chi connectivity index (χ1) is 14.5. The number of para-hydroxylation sites is 1. The number of anilines is 1. The van der Waals surface area contributed by atoms with E-state index in [1.54, 1.807) is 18.2 Å². The number of hydrogen-bond donors (Lipinski definition) is 3. The average Bonchev–Trinajstić information content (AvgIpc) is 3.55. The van der Waals surface area contributed by atoms with Gasteiger partial charge in [0.05, 0.1) is 18.2 Å². The summed E-state index contributed by atoms with van der Waals surface area (Å²) in [5.74, 6) is 0.262. The van der Waals surface area contributed by atoms with Crippen LogP contribution in [0.3, 0.4) is 0 Å². The van der Waals surface area contributed by atoms with Gasteiger partial charge in [-0.05, 0) is 68.7 Å². The van der Waals surface area contributed by atoms with Crippen molar-refractivity contribution in [2.75, 3.05) is 11.9 Å². The lowest BCUT2D eigenvalue weighted by molar-refractivity contribution is -0.113. The number of rotatable bonds is 6. The molecule has 0 bridgehead atoms. The van der Waals surface area contributed by atoms with Crippen LogP contribution in [0.4, 0.5) is 5.69 Å². The van der Waals surface area contributed by atoms with Crippen LogP contribution >= 0.6 is 12.2 Å². The summed E-state index contributed by atoms with van der Waals surface area (Å²) in [5, 5.41) is 17.0. The van der Waals surface area contributed by atoms with Crippen molar-refractivity contribution in [1.82, 2.24) is 10.2 Å². The molecule has 0 radical (unpaired) electrons. The van der Waals surface area contributed by atoms with Gasteiger partial charge in [0, 0.05) is 17.4 Å². The summed E-state index contributed by atoms with van der Waals surface area (Å²) in [6.45, 7) is 4.23. The molecule has 1 unspecified atom stereocenters. The Labute approximate surface area is 181 Å². The van der Waals surface area contributed by atoms with Crippen molar-refractivity contribution in [3.05, 3.63) is 65.4 Å². The minimum Gasteiger partial charge on any atom is -0.504 e. The van der Waals surface area contributed by atoms with E-state index in [1.807, 2.05) is 44.2 Å². The molecule has 1 aliphatic heterocycles. The fraction of sp³-hybridized carbons (Fsp3) is 0.304. The first-order valence-corrected chi connectivity index (χ1v) is 10.5. The van der Waals surface area contributed by atoms with Gasteiger partial charge in [-0.15, -0.1) is 0 Å². The van der Waals surface area contributed by atoms with Gasteiger partial charge in [-0.2, -0.15) is 0 Å². The number of thiocarbonyl (C=S) groups is 1. The monoisotopic (exact) mass is 423 g/mol. The van der Waals surface area contributed by atoms with Crippen molar-refractivity contribution in [1.29, 1.82) is 0 Å². The highest BCUT2D eigenvalue weighted by molar-refractivity contribution is 7.80. The second-order valence-electron chi connectivity index (χ2n) is 7.46. The number of nitrogens with one attached hydrogen (secondary N) is 2. The van der Waals surface area contributed by atoms with Crippen molar-refractivity contribution in [2.24, 2.45) is 0 Å². The number of ether oxygens (including phenoxy) is 1. The minimum atomic E-state index is -0.448. The minimum absolute atomic E-state index is 0.0644. The van der Waals surface area contributed by atoms with Gasteiger partial charge >= 0.3 is 0 Å². The Morgan fingerprint density at radius 2 is 2.00 bits per heavy atom. The lowest BCUT2D eigenvalue weighted by Crippen LogP contribution is -2.49. The molecule has 6 nitrogen and oxygen atoms in total. The SMILES string of the molecule is CCOc1cc(C2NC(=S)N(C3CC3)C(C)=C2C(=O)Nc2ccccc2)ccc1O. The number of allylic oxidation sites excluding steroid dienone is 1. The number of amides is 1. The molecule has 1 aliphatic carbocycles. The number of hydrogen-bond acceptors (Lipinski definition) is 4. The van der Waals surface area contributed by atoms with E-state index in [0.717, 1.165) is 29.8 Å². The van der Waals surface area contributed by atoms with Gasteiger partial charge < -0.3 is 25.4 Å². The molecule has 2 aromatic rings. The maximum atomic E-state index is 13.4. The zero-order valence-electron chi connectivity index (χ0n) is 17.0. The van der Waals surface area contributed by atoms with Crippen LogP contribution < -0.4 is 15.4 Å². The largest absolute Gasteiger partial charge is 0.504 e. The summed E-state index contributed by atoms with van der Waals surface area (Å²) in [6.07, 6.45) is 2.12. The maximum absolute atomic E-state index is 13.4. The summed E-state index contributed by atoms with van der Waals surface area (Å²) in [5.41, 5.74) is 2.98. The van der Waals surface area contributed by atoms with Crippen LogP contribution in [-0.2, 0) is 4.79 Å². The van der Waals surface area contributed by atoms with Gasteiger partial charge in [0.15, 0.2) is 16.6 Å². The van der Waals surface area contributed by atoms with E-state index in [9.17, 15) is 9.90 Å². The number of phenolic OH excluding ortho intramolecular Hbond substituents is 1. The number of aromatic hydroxyl groups is 1. The topological polar surface area (TPSA) is 73.8 Å². The highest BCUT2D eigenvalue weighted by Crippen LogP contribution is 2.39. The molecule has 1 fully saturated rings. The standard InChI is InChI=1S/C23H25N3O3S/c1-3-29-19-13-15(9-12-18(19)27)21-20(22(28)24-16-7-5-4-6-8-16)14(2)26(17-10-11-17)23(30)25-21/h4-9,12-13,17,21,27H,3,10-11H2,1-2H3,(H,24,28)(H,25,30). The van der Waals surface area contributed by atoms with E-state index in [0.29, 0.717) is 29.1 Å². The molecule has 7 heteroatoms. The number of carbonyl (C=O) groups is 1. The molecule has 4 rings (SSSR count). The molecule has 1 saturated carbocycles. The Bertz CT molecular complexity index is 1000. The third-order valence-electron chi connectivity index (χ3n) is 5.33. The normalized spacial score (nSPS) is 18.8. The molecule has 2 aromatic carbocycles. The van der Waals surface area contributed by atoms with E-state index in [1.165, 1.54) is 0 Å². The quantitative estimate of drug-likeness (QED) is 0.608. The molecule has 0 spiro atoms. The fourth-order valence-corrected chi connectivity index (χ4v) is 4.18. The lowest BCUT2D eigenvalue weighted by atomic mass is 9.93. The van der Waals surface area contributed by atoms with E-state index in [4.69, 9.17) is 17.0 Å². The van der Waals surface area contributed by atoms with E-state index in [-0.39, 0.29) is 11.7 Å². The Balaban J connectivity index is 1.75. The van der Waals surface area contributed by atoms with E-state index < -0.39 is 6.04 Å². The summed E-state index contributed by atoms with van der Waals surface area (Å²) < 4.78 is 5.54. The van der Waals surface area contributed by atoms with Crippen molar-refractivity contribution in [3.63, 3.8) is 0 Å². The molecule has 3 N–H and O–H groups in total. The number of phenols is 1. The van der Waals surface area contributed by atoms with E-state index in [2.05, 4.69) is 15.5 Å². The Morgan fingerprint density at radius 3 is 2.67 bits per heavy atom. The third-order valence-corrected chi connectivity index (χ3v) is 5.65. The van der Waals surface area contributed by atoms with Crippen molar-refractivity contribution in [2.45, 2.75) is 38.8 Å². The second-order valence-corrected chi connectivity index (χ2v) is 7.85. The highest BCUT2D eigenvalue weighted by atomic mass is 32.1. The van der Waals surface area contributed by atoms with Crippen LogP contribution in [0.5, 0.6) is 11.5 Å². The average molecular weight is 424 g/mol. The molecule has 1 atom stereocenters. The Hall–Kier alpha value is -3.06.